The summed E-state index contributed by atoms with van der Waals surface area (Å²) in [5.74, 6) is 1.19. The number of aryl methyl sites for hydroxylation is 1. The van der Waals surface area contributed by atoms with E-state index in [0.29, 0.717) is 48.9 Å². The number of anilines is 1. The van der Waals surface area contributed by atoms with E-state index in [2.05, 4.69) is 15.8 Å². The maximum absolute atomic E-state index is 17.5. The summed E-state index contributed by atoms with van der Waals surface area (Å²) in [4.78, 5) is 13.1. The van der Waals surface area contributed by atoms with Gasteiger partial charge in [-0.2, -0.15) is 9.97 Å². The van der Waals surface area contributed by atoms with Gasteiger partial charge in [0.25, 0.3) is 0 Å². The highest BCUT2D eigenvalue weighted by Crippen LogP contribution is 2.48. The van der Waals surface area contributed by atoms with E-state index < -0.39 is 35.2 Å². The first-order valence-corrected chi connectivity index (χ1v) is 16.8. The summed E-state index contributed by atoms with van der Waals surface area (Å²) in [6.45, 7) is 4.64. The van der Waals surface area contributed by atoms with E-state index in [1.165, 1.54) is 31.2 Å². The minimum absolute atomic E-state index is 0.0544. The molecule has 50 heavy (non-hydrogen) atoms. The van der Waals surface area contributed by atoms with Crippen molar-refractivity contribution in [3.05, 3.63) is 53.3 Å². The van der Waals surface area contributed by atoms with Crippen molar-refractivity contribution in [2.24, 2.45) is 5.41 Å². The van der Waals surface area contributed by atoms with Crippen molar-refractivity contribution in [3.63, 3.8) is 0 Å². The first-order chi connectivity index (χ1) is 23.9. The highest BCUT2D eigenvalue weighted by molar-refractivity contribution is 6.18. The number of hydrogen-bond acceptors (Lipinski definition) is 7. The zero-order valence-corrected chi connectivity index (χ0v) is 27.6. The number of phenolic OH excluding ortho intramolecular Hbond substituents is 1. The Hall–Kier alpha value is -4.63. The molecule has 3 aliphatic rings. The highest BCUT2D eigenvalue weighted by atomic mass is 19.3. The zero-order valence-electron chi connectivity index (χ0n) is 27.6. The molecule has 2 aromatic heterocycles. The van der Waals surface area contributed by atoms with Crippen LogP contribution in [0.2, 0.25) is 0 Å². The predicted octanol–water partition coefficient (Wildman–Crippen LogP) is 8.30. The normalized spacial score (nSPS) is 24.1. The van der Waals surface area contributed by atoms with Crippen molar-refractivity contribution in [1.82, 2.24) is 14.9 Å². The van der Waals surface area contributed by atoms with Gasteiger partial charge in [0.15, 0.2) is 5.82 Å². The number of nitrogens with zero attached hydrogens (tertiary/aromatic N) is 4. The molecule has 7 nitrogen and oxygen atoms in total. The quantitative estimate of drug-likeness (QED) is 0.142. The Morgan fingerprint density at radius 1 is 1.12 bits per heavy atom. The van der Waals surface area contributed by atoms with Crippen molar-refractivity contribution < 1.29 is 36.2 Å². The minimum Gasteiger partial charge on any atom is -0.508 e. The summed E-state index contributed by atoms with van der Waals surface area (Å²) >= 11 is 0. The molecule has 1 unspecified atom stereocenters. The number of hydrogen-bond donors (Lipinski definition) is 1. The molecule has 3 saturated heterocycles. The van der Waals surface area contributed by atoms with Crippen LogP contribution in [0.25, 0.3) is 43.8 Å². The van der Waals surface area contributed by atoms with Crippen LogP contribution in [0.1, 0.15) is 50.4 Å². The molecule has 12 heteroatoms. The second-order valence-electron chi connectivity index (χ2n) is 14.3. The van der Waals surface area contributed by atoms with Gasteiger partial charge < -0.3 is 19.2 Å². The number of piperidine rings is 1. The van der Waals surface area contributed by atoms with Crippen molar-refractivity contribution in [2.75, 3.05) is 37.7 Å². The lowest BCUT2D eigenvalue weighted by Gasteiger charge is -2.40. The van der Waals surface area contributed by atoms with Crippen molar-refractivity contribution in [3.8, 4) is 35.2 Å². The first kappa shape index (κ1) is 32.6. The fourth-order valence-electron chi connectivity index (χ4n) is 8.51. The summed E-state index contributed by atoms with van der Waals surface area (Å²) < 4.78 is 88.3. The van der Waals surface area contributed by atoms with Crippen molar-refractivity contribution in [1.29, 1.82) is 0 Å². The van der Waals surface area contributed by atoms with Crippen LogP contribution in [-0.2, 0) is 0 Å². The number of ether oxygens (including phenoxy) is 1. The van der Waals surface area contributed by atoms with Gasteiger partial charge in [-0.3, -0.25) is 4.90 Å². The standard InChI is InChI=1S/C38H35F5N4O3/c1-4-24-27(40)8-7-21-14-23(48)15-25(28(21)24)29-31(41)32-30(26-13-20(2)50-33(26)29)34(46-11-5-9-37(3,18-46)35(42)43)45-36(44-32)49-19-38-10-6-12-47(38)17-22(39)16-38/h1,7-8,13-15,22,35,48H,5-6,9-12,16-19H2,2-3H3/t22-,37?,38+/m1/s1. The van der Waals surface area contributed by atoms with Gasteiger partial charge in [0.05, 0.1) is 22.1 Å². The molecule has 1 N–H and O–H groups in total. The third-order valence-electron chi connectivity index (χ3n) is 10.9. The van der Waals surface area contributed by atoms with Gasteiger partial charge in [-0.05, 0) is 68.8 Å². The van der Waals surface area contributed by atoms with Gasteiger partial charge in [-0.15, -0.1) is 6.42 Å². The number of phenols is 1. The minimum atomic E-state index is -2.61. The average Bonchev–Trinajstić information content (AvgIpc) is 3.74. The Morgan fingerprint density at radius 2 is 1.92 bits per heavy atom. The number of aromatic hydroxyl groups is 1. The van der Waals surface area contributed by atoms with E-state index in [9.17, 15) is 18.3 Å². The number of aromatic nitrogens is 2. The van der Waals surface area contributed by atoms with E-state index in [0.717, 1.165) is 19.4 Å². The molecule has 0 spiro atoms. The number of rotatable bonds is 6. The topological polar surface area (TPSA) is 74.9 Å². The second kappa shape index (κ2) is 11.7. The molecular formula is C38H35F5N4O3. The molecule has 5 heterocycles. The van der Waals surface area contributed by atoms with E-state index in [4.69, 9.17) is 20.6 Å². The Bertz CT molecular complexity index is 2230. The maximum Gasteiger partial charge on any atom is 0.319 e. The zero-order chi connectivity index (χ0) is 35.1. The first-order valence-electron chi connectivity index (χ1n) is 16.8. The van der Waals surface area contributed by atoms with E-state index in [-0.39, 0.29) is 69.3 Å². The molecule has 0 amide bonds. The Morgan fingerprint density at radius 3 is 2.70 bits per heavy atom. The molecule has 3 atom stereocenters. The molecule has 5 aromatic rings. The van der Waals surface area contributed by atoms with Crippen LogP contribution < -0.4 is 9.64 Å². The van der Waals surface area contributed by atoms with E-state index in [1.807, 2.05) is 0 Å². The third kappa shape index (κ3) is 5.03. The van der Waals surface area contributed by atoms with Crippen LogP contribution in [0.15, 0.2) is 34.7 Å². The smallest absolute Gasteiger partial charge is 0.319 e. The number of alkyl halides is 3. The van der Waals surface area contributed by atoms with Gasteiger partial charge in [0.1, 0.15) is 47.0 Å². The van der Waals surface area contributed by atoms with E-state index in [1.54, 1.807) is 17.9 Å². The van der Waals surface area contributed by atoms with Crippen LogP contribution in [-0.4, -0.2) is 70.9 Å². The molecule has 8 rings (SSSR count). The van der Waals surface area contributed by atoms with Crippen LogP contribution in [0.3, 0.4) is 0 Å². The van der Waals surface area contributed by atoms with Crippen LogP contribution in [0.5, 0.6) is 11.8 Å². The number of terminal acetylenes is 1. The summed E-state index contributed by atoms with van der Waals surface area (Å²) in [7, 11) is 0. The lowest BCUT2D eigenvalue weighted by molar-refractivity contribution is -0.00214. The lowest BCUT2D eigenvalue weighted by Crippen LogP contribution is -2.46. The molecule has 0 saturated carbocycles. The SMILES string of the molecule is C#Cc1c(F)ccc2cc(O)cc(-c3c(F)c4nc(OC[C@@]56CCCN5C[C@H](F)C6)nc(N5CCCC(C)(C(F)F)C5)c4c4cc(C)oc34)c12. The van der Waals surface area contributed by atoms with Gasteiger partial charge in [0.2, 0.25) is 6.43 Å². The molecule has 0 aliphatic carbocycles. The lowest BCUT2D eigenvalue weighted by atomic mass is 9.82. The molecule has 0 bridgehead atoms. The number of furan rings is 1. The molecule has 3 fully saturated rings. The van der Waals surface area contributed by atoms with Crippen molar-refractivity contribution >= 4 is 38.5 Å². The van der Waals surface area contributed by atoms with Gasteiger partial charge >= 0.3 is 6.01 Å². The predicted molar refractivity (Wildman–Crippen MR) is 181 cm³/mol. The van der Waals surface area contributed by atoms with Crippen LogP contribution >= 0.6 is 0 Å². The summed E-state index contributed by atoms with van der Waals surface area (Å²) in [6.07, 6.45) is 4.78. The largest absolute Gasteiger partial charge is 0.508 e. The molecule has 0 radical (unpaired) electrons. The highest BCUT2D eigenvalue weighted by Gasteiger charge is 2.49. The summed E-state index contributed by atoms with van der Waals surface area (Å²) in [5.41, 5.74) is -2.17. The maximum atomic E-state index is 17.5. The van der Waals surface area contributed by atoms with Crippen molar-refractivity contribution in [2.45, 2.75) is 64.1 Å². The Balaban J connectivity index is 1.39. The molecule has 3 aromatic carbocycles. The molecule has 3 aliphatic heterocycles. The van der Waals surface area contributed by atoms with Crippen LogP contribution in [0.4, 0.5) is 27.8 Å². The van der Waals surface area contributed by atoms with Gasteiger partial charge in [-0.25, -0.2) is 22.0 Å². The van der Waals surface area contributed by atoms with E-state index >= 15 is 8.78 Å². The second-order valence-corrected chi connectivity index (χ2v) is 14.3. The number of fused-ring (bicyclic) bond motifs is 5. The number of halogens is 5. The third-order valence-corrected chi connectivity index (χ3v) is 10.9. The summed E-state index contributed by atoms with van der Waals surface area (Å²) in [5, 5.41) is 12.0. The molecular weight excluding hydrogens is 655 g/mol. The van der Waals surface area contributed by atoms with Gasteiger partial charge in [-0.1, -0.05) is 18.9 Å². The average molecular weight is 691 g/mol. The van der Waals surface area contributed by atoms with Crippen LogP contribution in [0, 0.1) is 36.3 Å². The number of benzene rings is 3. The fraction of sp³-hybridized carbons (Fsp3) is 0.421. The molecule has 260 valence electrons. The Kier molecular flexibility index (Phi) is 7.64. The fourth-order valence-corrected chi connectivity index (χ4v) is 8.51. The monoisotopic (exact) mass is 690 g/mol. The van der Waals surface area contributed by atoms with Gasteiger partial charge in [0, 0.05) is 47.8 Å². The Labute approximate surface area is 285 Å². The summed E-state index contributed by atoms with van der Waals surface area (Å²) in [6, 6.07) is 6.83.